The van der Waals surface area contributed by atoms with Crippen molar-refractivity contribution in [3.05, 3.63) is 52.2 Å². The number of fused-ring (bicyclic) bond motifs is 2. The third-order valence-electron chi connectivity index (χ3n) is 4.34. The molecule has 1 aliphatic heterocycles. The number of hydrogen-bond donors (Lipinski definition) is 2. The number of nitrogens with zero attached hydrogens (tertiary/aromatic N) is 3. The van der Waals surface area contributed by atoms with Crippen molar-refractivity contribution in [1.82, 2.24) is 24.9 Å². The molecule has 3 aromatic rings. The number of H-pyrrole nitrogens is 1. The van der Waals surface area contributed by atoms with Gasteiger partial charge >= 0.3 is 0 Å². The summed E-state index contributed by atoms with van der Waals surface area (Å²) in [5, 5.41) is 10.6. The third-order valence-corrected chi connectivity index (χ3v) is 4.57. The monoisotopic (exact) mass is 359 g/mol. The van der Waals surface area contributed by atoms with Crippen molar-refractivity contribution in [3.8, 4) is 0 Å². The molecular formula is C17H18ClN5O2. The average Bonchev–Trinajstić information content (AvgIpc) is 3.15. The van der Waals surface area contributed by atoms with Gasteiger partial charge in [-0.05, 0) is 26.0 Å². The number of pyridine rings is 1. The van der Waals surface area contributed by atoms with E-state index in [1.807, 2.05) is 30.5 Å². The van der Waals surface area contributed by atoms with E-state index in [4.69, 9.17) is 16.3 Å². The Morgan fingerprint density at radius 1 is 1.44 bits per heavy atom. The van der Waals surface area contributed by atoms with Gasteiger partial charge in [0.2, 0.25) is 0 Å². The van der Waals surface area contributed by atoms with Crippen LogP contribution in [0.5, 0.6) is 0 Å². The van der Waals surface area contributed by atoms with Gasteiger partial charge in [0.25, 0.3) is 5.91 Å². The van der Waals surface area contributed by atoms with Crippen LogP contribution in [-0.4, -0.2) is 31.6 Å². The number of ether oxygens (including phenoxy) is 1. The number of nitrogens with one attached hydrogen (secondary N) is 2. The summed E-state index contributed by atoms with van der Waals surface area (Å²) in [4.78, 5) is 17.0. The molecule has 0 aromatic carbocycles. The normalized spacial score (nSPS) is 19.8. The molecule has 0 saturated carbocycles. The molecule has 0 unspecified atom stereocenters. The van der Waals surface area contributed by atoms with E-state index in [0.29, 0.717) is 23.7 Å². The van der Waals surface area contributed by atoms with Gasteiger partial charge in [-0.1, -0.05) is 11.6 Å². The highest BCUT2D eigenvalue weighted by atomic mass is 35.5. The zero-order valence-electron chi connectivity index (χ0n) is 13.9. The number of halogens is 1. The predicted molar refractivity (Wildman–Crippen MR) is 92.6 cm³/mol. The first kappa shape index (κ1) is 16.1. The lowest BCUT2D eigenvalue weighted by molar-refractivity contribution is -0.00697. The Morgan fingerprint density at radius 3 is 3.12 bits per heavy atom. The van der Waals surface area contributed by atoms with Crippen LogP contribution < -0.4 is 5.32 Å². The standard InChI is InChI=1S/C17H18ClN5O2/c1-9-5-13-15(10(2)25-9)21-22-16(13)17(24)19-6-12-8-23-7-11(18)3-4-14(23)20-12/h3-4,7-10H,5-6H2,1-2H3,(H,19,24)(H,21,22)/t9-,10+/m1/s1. The number of carbonyl (C=O) groups is 1. The lowest BCUT2D eigenvalue weighted by Gasteiger charge is -2.25. The second-order valence-corrected chi connectivity index (χ2v) is 6.72. The van der Waals surface area contributed by atoms with Crippen LogP contribution in [0.15, 0.2) is 24.5 Å². The first-order chi connectivity index (χ1) is 12.0. The summed E-state index contributed by atoms with van der Waals surface area (Å²) in [5.41, 5.74) is 3.79. The largest absolute Gasteiger partial charge is 0.369 e. The van der Waals surface area contributed by atoms with Crippen molar-refractivity contribution < 1.29 is 9.53 Å². The number of amides is 1. The molecule has 3 aromatic heterocycles. The molecule has 0 spiro atoms. The summed E-state index contributed by atoms with van der Waals surface area (Å²) in [5.74, 6) is -0.214. The summed E-state index contributed by atoms with van der Waals surface area (Å²) in [7, 11) is 0. The summed E-state index contributed by atoms with van der Waals surface area (Å²) in [6, 6.07) is 3.62. The first-order valence-corrected chi connectivity index (χ1v) is 8.53. The Kier molecular flexibility index (Phi) is 3.97. The SMILES string of the molecule is C[C@@H]1Cc2c(C(=O)NCc3cn4cc(Cl)ccc4n3)n[nH]c2[C@H](C)O1. The van der Waals surface area contributed by atoms with Gasteiger partial charge in [0.15, 0.2) is 5.69 Å². The van der Waals surface area contributed by atoms with Crippen LogP contribution in [0.3, 0.4) is 0 Å². The highest BCUT2D eigenvalue weighted by molar-refractivity contribution is 6.30. The van der Waals surface area contributed by atoms with Crippen LogP contribution in [0.25, 0.3) is 5.65 Å². The van der Waals surface area contributed by atoms with Crippen molar-refractivity contribution in [1.29, 1.82) is 0 Å². The predicted octanol–water partition coefficient (Wildman–Crippen LogP) is 2.66. The second-order valence-electron chi connectivity index (χ2n) is 6.29. The maximum Gasteiger partial charge on any atom is 0.272 e. The van der Waals surface area contributed by atoms with Crippen LogP contribution in [0, 0.1) is 0 Å². The van der Waals surface area contributed by atoms with E-state index in [0.717, 1.165) is 22.6 Å². The Labute approximate surface area is 149 Å². The number of aromatic amines is 1. The van der Waals surface area contributed by atoms with E-state index in [1.54, 1.807) is 12.3 Å². The number of aromatic nitrogens is 4. The van der Waals surface area contributed by atoms with Crippen LogP contribution in [0.2, 0.25) is 5.02 Å². The van der Waals surface area contributed by atoms with E-state index < -0.39 is 0 Å². The van der Waals surface area contributed by atoms with Crippen molar-refractivity contribution in [2.75, 3.05) is 0 Å². The molecule has 8 heteroatoms. The molecule has 7 nitrogen and oxygen atoms in total. The summed E-state index contributed by atoms with van der Waals surface area (Å²) in [6.07, 6.45) is 4.28. The van der Waals surface area contributed by atoms with Crippen molar-refractivity contribution in [2.24, 2.45) is 0 Å². The Bertz CT molecular complexity index is 948. The van der Waals surface area contributed by atoms with Crippen molar-refractivity contribution in [3.63, 3.8) is 0 Å². The van der Waals surface area contributed by atoms with Gasteiger partial charge in [0.05, 0.1) is 35.2 Å². The molecule has 2 atom stereocenters. The topological polar surface area (TPSA) is 84.3 Å². The molecule has 4 rings (SSSR count). The molecule has 0 radical (unpaired) electrons. The highest BCUT2D eigenvalue weighted by Gasteiger charge is 2.29. The Morgan fingerprint density at radius 2 is 2.28 bits per heavy atom. The minimum absolute atomic E-state index is 0.0647. The van der Waals surface area contributed by atoms with Gasteiger partial charge in [-0.15, -0.1) is 0 Å². The van der Waals surface area contributed by atoms with Gasteiger partial charge in [-0.25, -0.2) is 4.98 Å². The van der Waals surface area contributed by atoms with Gasteiger partial charge in [0, 0.05) is 24.4 Å². The number of rotatable bonds is 3. The summed E-state index contributed by atoms with van der Waals surface area (Å²) in [6.45, 7) is 4.27. The zero-order chi connectivity index (χ0) is 17.6. The fourth-order valence-corrected chi connectivity index (χ4v) is 3.39. The van der Waals surface area contributed by atoms with Crippen LogP contribution in [0.4, 0.5) is 0 Å². The van der Waals surface area contributed by atoms with E-state index >= 15 is 0 Å². The molecule has 0 fully saturated rings. The van der Waals surface area contributed by atoms with E-state index in [2.05, 4.69) is 20.5 Å². The minimum atomic E-state index is -0.214. The Hall–Kier alpha value is -2.38. The molecule has 1 amide bonds. The molecule has 25 heavy (non-hydrogen) atoms. The minimum Gasteiger partial charge on any atom is -0.369 e. The quantitative estimate of drug-likeness (QED) is 0.753. The second kappa shape index (κ2) is 6.16. The first-order valence-electron chi connectivity index (χ1n) is 8.15. The van der Waals surface area contributed by atoms with Gasteiger partial charge in [-0.2, -0.15) is 5.10 Å². The zero-order valence-corrected chi connectivity index (χ0v) is 14.7. The van der Waals surface area contributed by atoms with Gasteiger partial charge in [0.1, 0.15) is 5.65 Å². The molecule has 130 valence electrons. The fourth-order valence-electron chi connectivity index (χ4n) is 3.22. The van der Waals surface area contributed by atoms with Crippen LogP contribution in [0.1, 0.15) is 47.4 Å². The van der Waals surface area contributed by atoms with Crippen molar-refractivity contribution >= 4 is 23.2 Å². The molecule has 0 aliphatic carbocycles. The molecule has 0 bridgehead atoms. The van der Waals surface area contributed by atoms with E-state index in [9.17, 15) is 4.79 Å². The lowest BCUT2D eigenvalue weighted by Crippen LogP contribution is -2.27. The van der Waals surface area contributed by atoms with Crippen molar-refractivity contribution in [2.45, 2.75) is 39.0 Å². The number of imidazole rings is 1. The molecule has 1 aliphatic rings. The molecule has 2 N–H and O–H groups in total. The summed E-state index contributed by atoms with van der Waals surface area (Å²) < 4.78 is 7.59. The van der Waals surface area contributed by atoms with E-state index in [-0.39, 0.29) is 18.1 Å². The summed E-state index contributed by atoms with van der Waals surface area (Å²) >= 11 is 5.97. The molecule has 4 heterocycles. The van der Waals surface area contributed by atoms with Crippen LogP contribution >= 0.6 is 11.6 Å². The molecule has 0 saturated heterocycles. The van der Waals surface area contributed by atoms with Crippen LogP contribution in [-0.2, 0) is 17.7 Å². The maximum atomic E-state index is 12.5. The number of carbonyl (C=O) groups excluding carboxylic acids is 1. The third kappa shape index (κ3) is 3.01. The molecular weight excluding hydrogens is 342 g/mol. The van der Waals surface area contributed by atoms with E-state index in [1.165, 1.54) is 0 Å². The lowest BCUT2D eigenvalue weighted by atomic mass is 9.99. The number of hydrogen-bond acceptors (Lipinski definition) is 4. The highest BCUT2D eigenvalue weighted by Crippen LogP contribution is 2.30. The fraction of sp³-hybridized carbons (Fsp3) is 0.353. The Balaban J connectivity index is 1.50. The maximum absolute atomic E-state index is 12.5. The van der Waals surface area contributed by atoms with Gasteiger partial charge in [-0.3, -0.25) is 9.89 Å². The average molecular weight is 360 g/mol. The smallest absolute Gasteiger partial charge is 0.272 e. The van der Waals surface area contributed by atoms with Gasteiger partial charge < -0.3 is 14.5 Å².